The lowest BCUT2D eigenvalue weighted by Crippen LogP contribution is -2.54. The Balaban J connectivity index is 1.37. The first kappa shape index (κ1) is 21.0. The molecule has 0 radical (unpaired) electrons. The number of aromatic nitrogens is 2. The van der Waals surface area contributed by atoms with Crippen molar-refractivity contribution in [2.24, 2.45) is 11.0 Å². The predicted molar refractivity (Wildman–Crippen MR) is 117 cm³/mol. The van der Waals surface area contributed by atoms with Crippen LogP contribution in [0.15, 0.2) is 41.8 Å². The highest BCUT2D eigenvalue weighted by atomic mass is 19.1. The van der Waals surface area contributed by atoms with Crippen LogP contribution < -0.4 is 10.3 Å². The smallest absolute Gasteiger partial charge is 0.269 e. The monoisotopic (exact) mass is 451 g/mol. The summed E-state index contributed by atoms with van der Waals surface area (Å²) in [5.74, 6) is -0.529. The number of nitrogens with zero attached hydrogens (tertiary/aromatic N) is 6. The molecule has 1 saturated carbocycles. The highest BCUT2D eigenvalue weighted by Gasteiger charge is 2.45. The highest BCUT2D eigenvalue weighted by molar-refractivity contribution is 6.39. The molecule has 2 aromatic heterocycles. The maximum atomic E-state index is 13.2. The van der Waals surface area contributed by atoms with Crippen molar-refractivity contribution in [3.63, 3.8) is 0 Å². The molecule has 2 aliphatic heterocycles. The number of hydrazone groups is 1. The van der Waals surface area contributed by atoms with E-state index in [1.807, 2.05) is 0 Å². The number of rotatable bonds is 6. The molecule has 1 atom stereocenters. The number of hydrogen-bond donors (Lipinski definition) is 1. The quantitative estimate of drug-likeness (QED) is 0.712. The fourth-order valence-electron chi connectivity index (χ4n) is 4.05. The number of anilines is 2. The van der Waals surface area contributed by atoms with Crippen LogP contribution in [0.25, 0.3) is 0 Å². The van der Waals surface area contributed by atoms with Gasteiger partial charge in [-0.2, -0.15) is 5.10 Å². The standard InChI is InChI=1S/C22H22FN7O3/c1-28(11-13-4-5-13)22(33)16-9-19-29(12-18(31)26-17-7-6-14(23)10-25-17)21(32)15-3-2-8-24-20(15)30(19)27-16/h2-3,6-8,10,13,19H,4-5,9,11-12H2,1H3,(H,25,26,31). The maximum Gasteiger partial charge on any atom is 0.269 e. The van der Waals surface area contributed by atoms with Gasteiger partial charge in [0, 0.05) is 26.2 Å². The molecule has 33 heavy (non-hydrogen) atoms. The lowest BCUT2D eigenvalue weighted by atomic mass is 10.1. The van der Waals surface area contributed by atoms with Crippen LogP contribution in [-0.2, 0) is 9.59 Å². The zero-order valence-corrected chi connectivity index (χ0v) is 17.9. The third-order valence-corrected chi connectivity index (χ3v) is 5.87. The van der Waals surface area contributed by atoms with Crippen molar-refractivity contribution in [1.82, 2.24) is 19.8 Å². The summed E-state index contributed by atoms with van der Waals surface area (Å²) in [5.41, 5.74) is 0.616. The van der Waals surface area contributed by atoms with Crippen molar-refractivity contribution in [3.8, 4) is 0 Å². The zero-order chi connectivity index (χ0) is 23.1. The highest BCUT2D eigenvalue weighted by Crippen LogP contribution is 2.35. The molecule has 1 fully saturated rings. The summed E-state index contributed by atoms with van der Waals surface area (Å²) >= 11 is 0. The van der Waals surface area contributed by atoms with Gasteiger partial charge >= 0.3 is 0 Å². The van der Waals surface area contributed by atoms with E-state index in [2.05, 4.69) is 20.4 Å². The van der Waals surface area contributed by atoms with Crippen LogP contribution in [0.3, 0.4) is 0 Å². The summed E-state index contributed by atoms with van der Waals surface area (Å²) in [6.45, 7) is 0.384. The van der Waals surface area contributed by atoms with E-state index in [-0.39, 0.29) is 30.6 Å². The largest absolute Gasteiger partial charge is 0.340 e. The number of pyridine rings is 2. The van der Waals surface area contributed by atoms with Gasteiger partial charge in [0.15, 0.2) is 5.82 Å². The summed E-state index contributed by atoms with van der Waals surface area (Å²) in [6, 6.07) is 5.76. The minimum Gasteiger partial charge on any atom is -0.340 e. The summed E-state index contributed by atoms with van der Waals surface area (Å²) in [5, 5.41) is 8.61. The van der Waals surface area contributed by atoms with E-state index in [4.69, 9.17) is 0 Å². The summed E-state index contributed by atoms with van der Waals surface area (Å²) in [4.78, 5) is 50.0. The van der Waals surface area contributed by atoms with E-state index in [0.29, 0.717) is 29.6 Å². The molecule has 3 amide bonds. The number of halogens is 1. The van der Waals surface area contributed by atoms with Gasteiger partial charge in [-0.15, -0.1) is 0 Å². The number of hydrogen-bond acceptors (Lipinski definition) is 7. The Hall–Kier alpha value is -3.89. The normalized spacial score (nSPS) is 19.0. The van der Waals surface area contributed by atoms with Gasteiger partial charge in [0.1, 0.15) is 30.1 Å². The molecule has 1 unspecified atom stereocenters. The van der Waals surface area contributed by atoms with E-state index in [9.17, 15) is 18.8 Å². The minimum atomic E-state index is -0.653. The van der Waals surface area contributed by atoms with E-state index in [0.717, 1.165) is 19.0 Å². The first-order valence-corrected chi connectivity index (χ1v) is 10.7. The van der Waals surface area contributed by atoms with Gasteiger partial charge < -0.3 is 15.1 Å². The average molecular weight is 451 g/mol. The molecule has 170 valence electrons. The molecule has 0 bridgehead atoms. The van der Waals surface area contributed by atoms with Gasteiger partial charge in [0.05, 0.1) is 11.8 Å². The van der Waals surface area contributed by atoms with Crippen LogP contribution in [-0.4, -0.2) is 69.5 Å². The van der Waals surface area contributed by atoms with E-state index in [1.54, 1.807) is 35.3 Å². The number of fused-ring (bicyclic) bond motifs is 3. The lowest BCUT2D eigenvalue weighted by Gasteiger charge is -2.38. The summed E-state index contributed by atoms with van der Waals surface area (Å²) in [7, 11) is 1.75. The Morgan fingerprint density at radius 1 is 1.24 bits per heavy atom. The molecular formula is C22H22FN7O3. The van der Waals surface area contributed by atoms with Gasteiger partial charge in [-0.1, -0.05) is 0 Å². The van der Waals surface area contributed by atoms with E-state index < -0.39 is 17.9 Å². The maximum absolute atomic E-state index is 13.2. The lowest BCUT2D eigenvalue weighted by molar-refractivity contribution is -0.123. The van der Waals surface area contributed by atoms with Crippen molar-refractivity contribution < 1.29 is 18.8 Å². The van der Waals surface area contributed by atoms with Crippen molar-refractivity contribution in [3.05, 3.63) is 48.0 Å². The Morgan fingerprint density at radius 3 is 2.79 bits per heavy atom. The van der Waals surface area contributed by atoms with Gasteiger partial charge in [-0.25, -0.2) is 19.4 Å². The molecular weight excluding hydrogens is 429 g/mol. The molecule has 4 heterocycles. The Bertz CT molecular complexity index is 1150. The topological polar surface area (TPSA) is 111 Å². The van der Waals surface area contributed by atoms with Crippen molar-refractivity contribution in [1.29, 1.82) is 0 Å². The van der Waals surface area contributed by atoms with Gasteiger partial charge in [-0.05, 0) is 43.0 Å². The van der Waals surface area contributed by atoms with E-state index >= 15 is 0 Å². The Kier molecular flexibility index (Phi) is 5.23. The molecule has 11 heteroatoms. The minimum absolute atomic E-state index is 0.171. The molecule has 1 aliphatic carbocycles. The Labute approximate surface area is 189 Å². The molecule has 10 nitrogen and oxygen atoms in total. The van der Waals surface area contributed by atoms with Crippen molar-refractivity contribution in [2.45, 2.75) is 25.4 Å². The first-order chi connectivity index (χ1) is 15.9. The van der Waals surface area contributed by atoms with Gasteiger partial charge in [0.2, 0.25) is 5.91 Å². The predicted octanol–water partition coefficient (Wildman–Crippen LogP) is 1.47. The van der Waals surface area contributed by atoms with Crippen LogP contribution in [0.1, 0.15) is 29.6 Å². The van der Waals surface area contributed by atoms with Crippen molar-refractivity contribution >= 4 is 35.1 Å². The Morgan fingerprint density at radius 2 is 2.06 bits per heavy atom. The molecule has 3 aliphatic rings. The third-order valence-electron chi connectivity index (χ3n) is 5.87. The summed E-state index contributed by atoms with van der Waals surface area (Å²) in [6.07, 6.45) is 4.32. The molecule has 1 N–H and O–H groups in total. The van der Waals surface area contributed by atoms with Crippen LogP contribution in [0.5, 0.6) is 0 Å². The fraction of sp³-hybridized carbons (Fsp3) is 0.364. The second kappa shape index (κ2) is 8.23. The van der Waals surface area contributed by atoms with E-state index in [1.165, 1.54) is 17.0 Å². The van der Waals surface area contributed by atoms with Gasteiger partial charge in [0.25, 0.3) is 11.8 Å². The molecule has 0 spiro atoms. The number of carbonyl (C=O) groups is 3. The van der Waals surface area contributed by atoms with Crippen LogP contribution in [0.2, 0.25) is 0 Å². The van der Waals surface area contributed by atoms with Gasteiger partial charge in [-0.3, -0.25) is 14.4 Å². The van der Waals surface area contributed by atoms with Crippen LogP contribution in [0.4, 0.5) is 16.0 Å². The van der Waals surface area contributed by atoms with Crippen molar-refractivity contribution in [2.75, 3.05) is 30.5 Å². The molecule has 2 aromatic rings. The SMILES string of the molecule is CN(CC1CC1)C(=O)C1=NN2c3ncccc3C(=O)N(CC(=O)Nc3ccc(F)cn3)C2C1. The summed E-state index contributed by atoms with van der Waals surface area (Å²) < 4.78 is 13.1. The average Bonchev–Trinajstić information content (AvgIpc) is 3.51. The second-order valence-corrected chi connectivity index (χ2v) is 8.42. The second-order valence-electron chi connectivity index (χ2n) is 8.42. The number of nitrogens with one attached hydrogen (secondary N) is 1. The third kappa shape index (κ3) is 4.13. The fourth-order valence-corrected chi connectivity index (χ4v) is 4.05. The number of carbonyl (C=O) groups excluding carboxylic acids is 3. The van der Waals surface area contributed by atoms with Crippen LogP contribution in [0, 0.1) is 11.7 Å². The van der Waals surface area contributed by atoms with Crippen LogP contribution >= 0.6 is 0 Å². The molecule has 5 rings (SSSR count). The molecule has 0 aromatic carbocycles. The zero-order valence-electron chi connectivity index (χ0n) is 17.9. The molecule has 0 saturated heterocycles. The number of amides is 3. The first-order valence-electron chi connectivity index (χ1n) is 10.7.